The maximum Gasteiger partial charge on any atom is 0.319 e. The monoisotopic (exact) mass is 610 g/mol. The largest absolute Gasteiger partial charge is 0.543 e. The zero-order chi connectivity index (χ0) is 28.1. The maximum absolute atomic E-state index is 12.9. The Bertz CT molecular complexity index is 1340. The van der Waals surface area contributed by atoms with Crippen molar-refractivity contribution in [2.45, 2.75) is 22.9 Å². The number of β-lactam (4-membered cyclic amide) rings is 1. The number of nitrogens with zero attached hydrogens (tertiary/aromatic N) is 2. The Morgan fingerprint density at radius 2 is 2.05 bits per heavy atom. The number of anilines is 1. The van der Waals surface area contributed by atoms with Crippen molar-refractivity contribution in [1.29, 1.82) is 0 Å². The molecule has 0 aliphatic carbocycles. The van der Waals surface area contributed by atoms with Crippen LogP contribution in [0.15, 0.2) is 58.9 Å². The summed E-state index contributed by atoms with van der Waals surface area (Å²) in [5, 5.41) is 20.4. The number of aromatic nitrogens is 1. The van der Waals surface area contributed by atoms with E-state index in [0.29, 0.717) is 45.0 Å². The van der Waals surface area contributed by atoms with Crippen LogP contribution in [0.3, 0.4) is 0 Å². The highest BCUT2D eigenvalue weighted by molar-refractivity contribution is 8.00. The Morgan fingerprint density at radius 3 is 2.79 bits per heavy atom. The summed E-state index contributed by atoms with van der Waals surface area (Å²) in [5.41, 5.74) is 6.13. The van der Waals surface area contributed by atoms with Crippen LogP contribution in [0, 0.1) is 0 Å². The average molecular weight is 612 g/mol. The van der Waals surface area contributed by atoms with Crippen LogP contribution in [0.25, 0.3) is 0 Å². The van der Waals surface area contributed by atoms with Gasteiger partial charge in [-0.25, -0.2) is 4.79 Å². The number of rotatable bonds is 10. The summed E-state index contributed by atoms with van der Waals surface area (Å²) in [4.78, 5) is 51.3. The van der Waals surface area contributed by atoms with E-state index in [1.807, 2.05) is 0 Å². The molecule has 2 atom stereocenters. The first-order valence-corrected chi connectivity index (χ1v) is 14.5. The van der Waals surface area contributed by atoms with Crippen molar-refractivity contribution in [3.63, 3.8) is 0 Å². The maximum atomic E-state index is 12.9. The van der Waals surface area contributed by atoms with E-state index >= 15 is 0 Å². The standard InChI is InChI=1S/C24H24Cl2N6O5S2/c25-14-3-4-16(26)17(8-14)38-12-18(33)30-19-21(34)32-20(23(35)36)13(11-39-22(19)32)9-31-7-1-2-15(10-31)29-24(37)28-6-5-27/h1-4,7-8,10,19,22H,5-6,9,11-12,27H2,(H3-,28,29,30,33,35,36,37)/t19-,22-/m1/s1. The minimum Gasteiger partial charge on any atom is -0.543 e. The van der Waals surface area contributed by atoms with Crippen molar-refractivity contribution in [3.8, 4) is 0 Å². The van der Waals surface area contributed by atoms with Gasteiger partial charge in [0.2, 0.25) is 5.91 Å². The molecule has 1 fully saturated rings. The van der Waals surface area contributed by atoms with Crippen LogP contribution in [0.1, 0.15) is 0 Å². The molecule has 0 radical (unpaired) electrons. The van der Waals surface area contributed by atoms with Gasteiger partial charge in [-0.1, -0.05) is 23.2 Å². The van der Waals surface area contributed by atoms with Crippen LogP contribution in [-0.4, -0.2) is 64.7 Å². The fraction of sp³-hybridized carbons (Fsp3) is 0.292. The molecule has 11 nitrogen and oxygen atoms in total. The van der Waals surface area contributed by atoms with Gasteiger partial charge in [0.05, 0.1) is 22.4 Å². The highest BCUT2D eigenvalue weighted by Crippen LogP contribution is 2.40. The Labute approximate surface area is 242 Å². The Morgan fingerprint density at radius 1 is 1.26 bits per heavy atom. The Balaban J connectivity index is 1.40. The predicted molar refractivity (Wildman–Crippen MR) is 147 cm³/mol. The van der Waals surface area contributed by atoms with Crippen LogP contribution >= 0.6 is 46.7 Å². The molecule has 15 heteroatoms. The number of hydrogen-bond acceptors (Lipinski definition) is 8. The van der Waals surface area contributed by atoms with Gasteiger partial charge in [-0.2, -0.15) is 4.57 Å². The minimum atomic E-state index is -1.48. The molecular formula is C24H24Cl2N6O5S2. The smallest absolute Gasteiger partial charge is 0.319 e. The molecule has 2 aliphatic heterocycles. The minimum absolute atomic E-state index is 0.000915. The first-order chi connectivity index (χ1) is 18.7. The van der Waals surface area contributed by atoms with Gasteiger partial charge in [-0.05, 0) is 24.3 Å². The second kappa shape index (κ2) is 12.9. The zero-order valence-corrected chi connectivity index (χ0v) is 23.5. The average Bonchev–Trinajstić information content (AvgIpc) is 2.90. The van der Waals surface area contributed by atoms with Crippen molar-refractivity contribution in [2.75, 3.05) is 29.9 Å². The summed E-state index contributed by atoms with van der Waals surface area (Å²) in [6.45, 7) is 0.776. The van der Waals surface area contributed by atoms with E-state index in [1.54, 1.807) is 47.3 Å². The number of nitrogens with two attached hydrogens (primary N) is 1. The van der Waals surface area contributed by atoms with E-state index in [2.05, 4.69) is 16.0 Å². The topological polar surface area (TPSA) is 161 Å². The third-order valence-corrected chi connectivity index (χ3v) is 8.80. The van der Waals surface area contributed by atoms with Crippen molar-refractivity contribution >= 4 is 76.2 Å². The lowest BCUT2D eigenvalue weighted by molar-refractivity contribution is -0.688. The van der Waals surface area contributed by atoms with E-state index in [9.17, 15) is 24.3 Å². The fourth-order valence-corrected chi connectivity index (χ4v) is 6.65. The molecule has 1 aromatic carbocycles. The number of carboxylic acid groups (broad SMARTS) is 1. The number of thioether (sulfide) groups is 2. The first kappa shape index (κ1) is 29.0. The van der Waals surface area contributed by atoms with E-state index in [-0.39, 0.29) is 18.0 Å². The molecule has 2 aliphatic rings. The van der Waals surface area contributed by atoms with E-state index in [4.69, 9.17) is 28.9 Å². The second-order valence-electron chi connectivity index (χ2n) is 8.49. The highest BCUT2D eigenvalue weighted by atomic mass is 35.5. The predicted octanol–water partition coefficient (Wildman–Crippen LogP) is 0.557. The van der Waals surface area contributed by atoms with Gasteiger partial charge in [0.15, 0.2) is 18.9 Å². The molecule has 0 saturated carbocycles. The van der Waals surface area contributed by atoms with Crippen LogP contribution in [-0.2, 0) is 20.9 Å². The van der Waals surface area contributed by atoms with Crippen LogP contribution < -0.4 is 31.4 Å². The quantitative estimate of drug-likeness (QED) is 0.172. The number of urea groups is 1. The number of aliphatic carboxylic acids is 1. The number of carbonyl (C=O) groups excluding carboxylic acids is 4. The molecule has 1 aromatic heterocycles. The zero-order valence-electron chi connectivity index (χ0n) is 20.3. The van der Waals surface area contributed by atoms with Gasteiger partial charge in [-0.3, -0.25) is 14.5 Å². The molecule has 5 N–H and O–H groups in total. The summed E-state index contributed by atoms with van der Waals surface area (Å²) in [5.74, 6) is -2.09. The van der Waals surface area contributed by atoms with Gasteiger partial charge in [-0.15, -0.1) is 23.5 Å². The van der Waals surface area contributed by atoms with Crippen molar-refractivity contribution in [3.05, 3.63) is 64.0 Å². The Hall–Kier alpha value is -2.97. The van der Waals surface area contributed by atoms with Gasteiger partial charge in [0, 0.05) is 40.4 Å². The SMILES string of the molecule is NCCNC(=O)Nc1ccc[n+](CC2=C(C(=O)[O-])N3C(=O)[C@@H](NC(=O)CSc4cc(Cl)ccc4Cl)[C@H]3SC2)c1. The van der Waals surface area contributed by atoms with E-state index in [0.717, 1.165) is 4.90 Å². The number of amides is 4. The molecule has 0 spiro atoms. The van der Waals surface area contributed by atoms with E-state index in [1.165, 1.54) is 23.5 Å². The molecule has 2 aromatic rings. The normalized spacial score (nSPS) is 18.2. The second-order valence-corrected chi connectivity index (χ2v) is 11.5. The molecule has 0 unspecified atom stereocenters. The van der Waals surface area contributed by atoms with Crippen molar-refractivity contribution < 1.29 is 28.9 Å². The molecule has 206 valence electrons. The highest BCUT2D eigenvalue weighted by Gasteiger charge is 2.53. The molecule has 1 saturated heterocycles. The lowest BCUT2D eigenvalue weighted by Gasteiger charge is -2.50. The van der Waals surface area contributed by atoms with Crippen LogP contribution in [0.4, 0.5) is 10.5 Å². The molecule has 39 heavy (non-hydrogen) atoms. The van der Waals surface area contributed by atoms with Gasteiger partial charge < -0.3 is 31.6 Å². The number of carboxylic acids is 1. The summed E-state index contributed by atoms with van der Waals surface area (Å²) in [6.07, 6.45) is 3.36. The molecule has 3 heterocycles. The number of fused-ring (bicyclic) bond motifs is 1. The van der Waals surface area contributed by atoms with Gasteiger partial charge in [0.1, 0.15) is 17.1 Å². The fourth-order valence-electron chi connectivity index (χ4n) is 4.02. The summed E-state index contributed by atoms with van der Waals surface area (Å²) in [7, 11) is 0. The number of hydrogen-bond donors (Lipinski definition) is 4. The van der Waals surface area contributed by atoms with Crippen LogP contribution in [0.2, 0.25) is 10.0 Å². The number of nitrogens with one attached hydrogen (secondary N) is 3. The third kappa shape index (κ3) is 6.97. The third-order valence-electron chi connectivity index (χ3n) is 5.73. The van der Waals surface area contributed by atoms with Crippen LogP contribution in [0.5, 0.6) is 0 Å². The molecular weight excluding hydrogens is 587 g/mol. The summed E-state index contributed by atoms with van der Waals surface area (Å²) >= 11 is 14.6. The lowest BCUT2D eigenvalue weighted by Crippen LogP contribution is -2.71. The van der Waals surface area contributed by atoms with Crippen molar-refractivity contribution in [2.24, 2.45) is 5.73 Å². The first-order valence-electron chi connectivity index (χ1n) is 11.7. The Kier molecular flexibility index (Phi) is 9.62. The van der Waals surface area contributed by atoms with E-state index < -0.39 is 35.2 Å². The van der Waals surface area contributed by atoms with Crippen molar-refractivity contribution in [1.82, 2.24) is 15.5 Å². The number of pyridine rings is 1. The van der Waals surface area contributed by atoms with Gasteiger partial charge >= 0.3 is 6.03 Å². The number of carbonyl (C=O) groups is 4. The molecule has 0 bridgehead atoms. The summed E-state index contributed by atoms with van der Waals surface area (Å²) < 4.78 is 1.69. The lowest BCUT2D eigenvalue weighted by atomic mass is 10.0. The molecule has 4 rings (SSSR count). The summed E-state index contributed by atoms with van der Waals surface area (Å²) in [6, 6.07) is 7.02. The number of halogens is 2. The van der Waals surface area contributed by atoms with Gasteiger partial charge in [0.25, 0.3) is 5.91 Å². The molecule has 4 amide bonds. The number of benzene rings is 1.